The van der Waals surface area contributed by atoms with E-state index in [2.05, 4.69) is 4.85 Å². The van der Waals surface area contributed by atoms with Crippen molar-refractivity contribution in [3.05, 3.63) is 75.5 Å². The molecule has 124 valence electrons. The second-order valence-corrected chi connectivity index (χ2v) is 6.51. The molecule has 2 aromatic carbocycles. The number of aromatic carboxylic acids is 1. The molecular formula is C20H14FNO2S. The summed E-state index contributed by atoms with van der Waals surface area (Å²) in [6, 6.07) is 13.5. The van der Waals surface area contributed by atoms with Crippen molar-refractivity contribution in [2.24, 2.45) is 0 Å². The zero-order chi connectivity index (χ0) is 18.0. The van der Waals surface area contributed by atoms with Gasteiger partial charge >= 0.3 is 5.97 Å². The van der Waals surface area contributed by atoms with Crippen molar-refractivity contribution < 1.29 is 14.3 Å². The molecule has 0 unspecified atom stereocenters. The molecule has 0 saturated carbocycles. The van der Waals surface area contributed by atoms with E-state index in [0.717, 1.165) is 16.2 Å². The van der Waals surface area contributed by atoms with E-state index in [1.165, 1.54) is 6.07 Å². The molecule has 1 aromatic heterocycles. The molecule has 0 aliphatic heterocycles. The first kappa shape index (κ1) is 16.9. The maximum absolute atomic E-state index is 13.9. The molecule has 0 spiro atoms. The number of benzene rings is 2. The predicted molar refractivity (Wildman–Crippen MR) is 97.7 cm³/mol. The zero-order valence-electron chi connectivity index (χ0n) is 13.4. The molecule has 0 aliphatic rings. The van der Waals surface area contributed by atoms with Crippen molar-refractivity contribution in [2.75, 3.05) is 0 Å². The minimum atomic E-state index is -1.04. The van der Waals surface area contributed by atoms with Crippen LogP contribution in [0.25, 0.3) is 27.1 Å². The van der Waals surface area contributed by atoms with Gasteiger partial charge in [0.05, 0.1) is 6.57 Å². The molecule has 1 heterocycles. The number of thiophene rings is 1. The lowest BCUT2D eigenvalue weighted by atomic mass is 9.99. The van der Waals surface area contributed by atoms with Gasteiger partial charge in [0.2, 0.25) is 5.69 Å². The van der Waals surface area contributed by atoms with E-state index < -0.39 is 5.97 Å². The standard InChI is InChI=1S/C20H14FNO2S/c1-3-16-18(22-2)17(19(25-16)20(23)24)13-10-8-12(9-11-13)14-6-4-5-7-15(14)21/h4-11H,3H2,1H3,(H,23,24). The van der Waals surface area contributed by atoms with Gasteiger partial charge in [-0.15, -0.1) is 11.3 Å². The monoisotopic (exact) mass is 351 g/mol. The summed E-state index contributed by atoms with van der Waals surface area (Å²) in [6.45, 7) is 9.33. The Morgan fingerprint density at radius 2 is 1.80 bits per heavy atom. The number of carbonyl (C=O) groups is 1. The van der Waals surface area contributed by atoms with Gasteiger partial charge in [0.1, 0.15) is 10.7 Å². The average molecular weight is 351 g/mol. The van der Waals surface area contributed by atoms with E-state index in [1.807, 2.05) is 6.92 Å². The third-order valence-corrected chi connectivity index (χ3v) is 5.25. The number of carboxylic acids is 1. The Balaban J connectivity index is 2.12. The molecule has 3 aromatic rings. The SMILES string of the molecule is [C-]#[N+]c1c(CC)sc(C(=O)O)c1-c1ccc(-c2ccccc2F)cc1. The maximum atomic E-state index is 13.9. The summed E-state index contributed by atoms with van der Waals surface area (Å²) in [5.41, 5.74) is 2.68. The minimum absolute atomic E-state index is 0.168. The summed E-state index contributed by atoms with van der Waals surface area (Å²) in [5, 5.41) is 9.48. The van der Waals surface area contributed by atoms with Crippen LogP contribution < -0.4 is 0 Å². The lowest BCUT2D eigenvalue weighted by Crippen LogP contribution is -1.94. The van der Waals surface area contributed by atoms with Gasteiger partial charge in [-0.3, -0.25) is 0 Å². The molecule has 0 bridgehead atoms. The largest absolute Gasteiger partial charge is 0.477 e. The summed E-state index contributed by atoms with van der Waals surface area (Å²) in [7, 11) is 0. The molecule has 0 amide bonds. The van der Waals surface area contributed by atoms with Crippen molar-refractivity contribution in [1.29, 1.82) is 0 Å². The Morgan fingerprint density at radius 3 is 2.36 bits per heavy atom. The molecule has 1 N–H and O–H groups in total. The Hall–Kier alpha value is -2.97. The van der Waals surface area contributed by atoms with Gasteiger partial charge in [0.25, 0.3) is 0 Å². The number of hydrogen-bond acceptors (Lipinski definition) is 2. The lowest BCUT2D eigenvalue weighted by molar-refractivity contribution is 0.0703. The molecule has 25 heavy (non-hydrogen) atoms. The summed E-state index contributed by atoms with van der Waals surface area (Å²) in [6.07, 6.45) is 0.607. The van der Waals surface area contributed by atoms with Gasteiger partial charge in [0.15, 0.2) is 0 Å². The fraction of sp³-hybridized carbons (Fsp3) is 0.100. The maximum Gasteiger partial charge on any atom is 0.345 e. The van der Waals surface area contributed by atoms with Gasteiger partial charge in [-0.25, -0.2) is 14.0 Å². The predicted octanol–water partition coefficient (Wildman–Crippen LogP) is 6.03. The third-order valence-electron chi connectivity index (χ3n) is 3.94. The molecule has 0 aliphatic carbocycles. The Kier molecular flexibility index (Phi) is 4.64. The first-order chi connectivity index (χ1) is 12.1. The van der Waals surface area contributed by atoms with Crippen LogP contribution in [0.15, 0.2) is 48.5 Å². The minimum Gasteiger partial charge on any atom is -0.477 e. The van der Waals surface area contributed by atoms with Gasteiger partial charge in [-0.2, -0.15) is 0 Å². The Bertz CT molecular complexity index is 984. The van der Waals surface area contributed by atoms with E-state index in [9.17, 15) is 14.3 Å². The van der Waals surface area contributed by atoms with Crippen LogP contribution in [-0.4, -0.2) is 11.1 Å². The van der Waals surface area contributed by atoms with Crippen molar-refractivity contribution >= 4 is 23.0 Å². The molecule has 3 nitrogen and oxygen atoms in total. The molecule has 3 rings (SSSR count). The number of aryl methyl sites for hydroxylation is 1. The lowest BCUT2D eigenvalue weighted by Gasteiger charge is -2.07. The highest BCUT2D eigenvalue weighted by Crippen LogP contribution is 2.43. The van der Waals surface area contributed by atoms with Crippen LogP contribution in [0.2, 0.25) is 0 Å². The van der Waals surface area contributed by atoms with Crippen LogP contribution in [0.4, 0.5) is 10.1 Å². The van der Waals surface area contributed by atoms with Crippen LogP contribution in [0, 0.1) is 12.4 Å². The molecule has 5 heteroatoms. The summed E-state index contributed by atoms with van der Waals surface area (Å²) in [5.74, 6) is -1.35. The normalized spacial score (nSPS) is 10.4. The third kappa shape index (κ3) is 3.04. The molecule has 0 atom stereocenters. The summed E-state index contributed by atoms with van der Waals surface area (Å²) in [4.78, 5) is 16.1. The van der Waals surface area contributed by atoms with Crippen LogP contribution in [0.3, 0.4) is 0 Å². The second kappa shape index (κ2) is 6.88. The second-order valence-electron chi connectivity index (χ2n) is 5.41. The molecular weight excluding hydrogens is 337 g/mol. The van der Waals surface area contributed by atoms with E-state index in [1.54, 1.807) is 42.5 Å². The average Bonchev–Trinajstić information content (AvgIpc) is 3.01. The molecule has 0 radical (unpaired) electrons. The smallest absolute Gasteiger partial charge is 0.345 e. The van der Waals surface area contributed by atoms with Crippen LogP contribution in [0.5, 0.6) is 0 Å². The van der Waals surface area contributed by atoms with Crippen molar-refractivity contribution in [2.45, 2.75) is 13.3 Å². The summed E-state index contributed by atoms with van der Waals surface area (Å²) >= 11 is 1.14. The van der Waals surface area contributed by atoms with Gasteiger partial charge in [0, 0.05) is 16.0 Å². The molecule has 0 saturated heterocycles. The highest BCUT2D eigenvalue weighted by atomic mass is 32.1. The number of hydrogen-bond donors (Lipinski definition) is 1. The Labute approximate surface area is 148 Å². The van der Waals surface area contributed by atoms with E-state index in [4.69, 9.17) is 6.57 Å². The van der Waals surface area contributed by atoms with E-state index in [-0.39, 0.29) is 10.7 Å². The number of rotatable bonds is 4. The highest BCUT2D eigenvalue weighted by molar-refractivity contribution is 7.15. The van der Waals surface area contributed by atoms with Crippen molar-refractivity contribution in [3.8, 4) is 22.3 Å². The first-order valence-corrected chi connectivity index (χ1v) is 8.50. The first-order valence-electron chi connectivity index (χ1n) is 7.68. The number of halogens is 1. The topological polar surface area (TPSA) is 41.7 Å². The quantitative estimate of drug-likeness (QED) is 0.583. The van der Waals surface area contributed by atoms with Crippen LogP contribution >= 0.6 is 11.3 Å². The van der Waals surface area contributed by atoms with Crippen LogP contribution in [-0.2, 0) is 6.42 Å². The number of nitrogens with zero attached hydrogens (tertiary/aromatic N) is 1. The fourth-order valence-corrected chi connectivity index (χ4v) is 3.80. The zero-order valence-corrected chi connectivity index (χ0v) is 14.2. The van der Waals surface area contributed by atoms with Crippen LogP contribution in [0.1, 0.15) is 21.5 Å². The van der Waals surface area contributed by atoms with E-state index in [0.29, 0.717) is 34.4 Å². The van der Waals surface area contributed by atoms with Gasteiger partial charge in [-0.05, 0) is 23.6 Å². The van der Waals surface area contributed by atoms with Crippen molar-refractivity contribution in [1.82, 2.24) is 0 Å². The van der Waals surface area contributed by atoms with Crippen molar-refractivity contribution in [3.63, 3.8) is 0 Å². The van der Waals surface area contributed by atoms with E-state index >= 15 is 0 Å². The fourth-order valence-electron chi connectivity index (χ4n) is 2.76. The highest BCUT2D eigenvalue weighted by Gasteiger charge is 2.23. The Morgan fingerprint density at radius 1 is 1.16 bits per heavy atom. The van der Waals surface area contributed by atoms with Gasteiger partial charge < -0.3 is 5.11 Å². The van der Waals surface area contributed by atoms with Gasteiger partial charge in [-0.1, -0.05) is 49.4 Å². The number of carboxylic acid groups (broad SMARTS) is 1. The summed E-state index contributed by atoms with van der Waals surface area (Å²) < 4.78 is 13.9. The molecule has 0 fully saturated rings.